The van der Waals surface area contributed by atoms with Gasteiger partial charge in [0.1, 0.15) is 11.8 Å². The summed E-state index contributed by atoms with van der Waals surface area (Å²) in [6, 6.07) is 10.3. The summed E-state index contributed by atoms with van der Waals surface area (Å²) in [5.74, 6) is 0.500. The molecule has 2 heterocycles. The molecule has 2 aromatic heterocycles. The van der Waals surface area contributed by atoms with Crippen LogP contribution in [0.4, 0.5) is 0 Å². The van der Waals surface area contributed by atoms with Crippen LogP contribution >= 0.6 is 12.2 Å². The Morgan fingerprint density at radius 2 is 2.00 bits per heavy atom. The van der Waals surface area contributed by atoms with Crippen molar-refractivity contribution in [2.75, 3.05) is 7.11 Å². The molecule has 6 heteroatoms. The number of hydrogen-bond acceptors (Lipinski definition) is 4. The predicted molar refractivity (Wildman–Crippen MR) is 79.5 cm³/mol. The highest BCUT2D eigenvalue weighted by molar-refractivity contribution is 7.71. The maximum absolute atomic E-state index is 5.42. The Labute approximate surface area is 121 Å². The normalized spacial score (nSPS) is 12.5. The number of benzene rings is 1. The number of rotatable bonds is 3. The predicted octanol–water partition coefficient (Wildman–Crippen LogP) is 3.11. The minimum absolute atomic E-state index is 0.0806. The highest BCUT2D eigenvalue weighted by atomic mass is 32.1. The summed E-state index contributed by atoms with van der Waals surface area (Å²) in [7, 11) is 1.58. The standard InChI is InChI=1S/C14H14N4OS/c1-9(10-6-4-3-5-7-10)18-12-11(17-14(18)20)13(19-2)16-8-15-12/h3-9H,1-2H3,(H,17,20). The van der Waals surface area contributed by atoms with Crippen LogP contribution in [-0.4, -0.2) is 26.6 Å². The molecule has 1 unspecified atom stereocenters. The number of methoxy groups -OCH3 is 1. The summed E-state index contributed by atoms with van der Waals surface area (Å²) in [6.45, 7) is 2.09. The zero-order valence-electron chi connectivity index (χ0n) is 11.2. The van der Waals surface area contributed by atoms with E-state index in [1.165, 1.54) is 11.9 Å². The van der Waals surface area contributed by atoms with E-state index in [-0.39, 0.29) is 6.04 Å². The summed E-state index contributed by atoms with van der Waals surface area (Å²) < 4.78 is 7.82. The van der Waals surface area contributed by atoms with E-state index in [1.807, 2.05) is 22.8 Å². The van der Waals surface area contributed by atoms with Crippen molar-refractivity contribution in [2.24, 2.45) is 0 Å². The van der Waals surface area contributed by atoms with Crippen molar-refractivity contribution in [1.29, 1.82) is 0 Å². The second-order valence-corrected chi connectivity index (χ2v) is 4.86. The molecule has 5 nitrogen and oxygen atoms in total. The lowest BCUT2D eigenvalue weighted by Crippen LogP contribution is -2.07. The van der Waals surface area contributed by atoms with E-state index in [1.54, 1.807) is 7.11 Å². The van der Waals surface area contributed by atoms with Gasteiger partial charge in [-0.15, -0.1) is 0 Å². The van der Waals surface area contributed by atoms with Gasteiger partial charge in [-0.2, -0.15) is 4.98 Å². The molecule has 0 saturated carbocycles. The highest BCUT2D eigenvalue weighted by Gasteiger charge is 2.16. The maximum atomic E-state index is 5.42. The first-order valence-electron chi connectivity index (χ1n) is 6.26. The van der Waals surface area contributed by atoms with Gasteiger partial charge in [0.05, 0.1) is 13.2 Å². The van der Waals surface area contributed by atoms with Crippen molar-refractivity contribution < 1.29 is 4.74 Å². The molecule has 3 rings (SSSR count). The summed E-state index contributed by atoms with van der Waals surface area (Å²) in [5.41, 5.74) is 2.64. The fourth-order valence-electron chi connectivity index (χ4n) is 2.31. The number of H-pyrrole nitrogens is 1. The van der Waals surface area contributed by atoms with Gasteiger partial charge in [-0.25, -0.2) is 4.98 Å². The molecule has 0 aliphatic heterocycles. The number of hydrogen-bond donors (Lipinski definition) is 1. The Balaban J connectivity index is 2.22. The van der Waals surface area contributed by atoms with Crippen molar-refractivity contribution in [3.05, 3.63) is 47.0 Å². The molecule has 0 radical (unpaired) electrons. The Kier molecular flexibility index (Phi) is 3.23. The topological polar surface area (TPSA) is 55.7 Å². The fraction of sp³-hybridized carbons (Fsp3) is 0.214. The molecule has 20 heavy (non-hydrogen) atoms. The molecule has 1 aromatic carbocycles. The van der Waals surface area contributed by atoms with E-state index >= 15 is 0 Å². The van der Waals surface area contributed by atoms with Gasteiger partial charge >= 0.3 is 0 Å². The smallest absolute Gasteiger partial charge is 0.242 e. The third-order valence-electron chi connectivity index (χ3n) is 3.33. The molecule has 0 bridgehead atoms. The van der Waals surface area contributed by atoms with Crippen molar-refractivity contribution in [2.45, 2.75) is 13.0 Å². The van der Waals surface area contributed by atoms with E-state index in [4.69, 9.17) is 17.0 Å². The van der Waals surface area contributed by atoms with Gasteiger partial charge in [0.15, 0.2) is 10.4 Å². The van der Waals surface area contributed by atoms with Crippen LogP contribution in [0.25, 0.3) is 11.2 Å². The molecular weight excluding hydrogens is 272 g/mol. The number of fused-ring (bicyclic) bond motifs is 1. The summed E-state index contributed by atoms with van der Waals surface area (Å²) in [6.07, 6.45) is 1.48. The van der Waals surface area contributed by atoms with E-state index in [0.717, 1.165) is 11.2 Å². The molecule has 0 amide bonds. The van der Waals surface area contributed by atoms with Crippen LogP contribution in [0, 0.1) is 4.77 Å². The minimum Gasteiger partial charge on any atom is -0.479 e. The first kappa shape index (κ1) is 12.8. The van der Waals surface area contributed by atoms with Gasteiger partial charge in [0.25, 0.3) is 0 Å². The third kappa shape index (κ3) is 1.98. The van der Waals surface area contributed by atoms with Crippen LogP contribution in [0.15, 0.2) is 36.7 Å². The average Bonchev–Trinajstić information content (AvgIpc) is 2.83. The van der Waals surface area contributed by atoms with Gasteiger partial charge < -0.3 is 9.72 Å². The summed E-state index contributed by atoms with van der Waals surface area (Å²) >= 11 is 5.42. The minimum atomic E-state index is 0.0806. The highest BCUT2D eigenvalue weighted by Crippen LogP contribution is 2.26. The molecule has 0 aliphatic rings. The van der Waals surface area contributed by atoms with Gasteiger partial charge in [-0.05, 0) is 24.7 Å². The third-order valence-corrected chi connectivity index (χ3v) is 3.63. The van der Waals surface area contributed by atoms with Crippen LogP contribution in [0.3, 0.4) is 0 Å². The average molecular weight is 286 g/mol. The number of ether oxygens (including phenoxy) is 1. The maximum Gasteiger partial charge on any atom is 0.242 e. The molecule has 3 aromatic rings. The van der Waals surface area contributed by atoms with Gasteiger partial charge in [0, 0.05) is 0 Å². The Morgan fingerprint density at radius 1 is 1.25 bits per heavy atom. The van der Waals surface area contributed by atoms with Crippen LogP contribution in [0.5, 0.6) is 5.88 Å². The first-order valence-corrected chi connectivity index (χ1v) is 6.67. The largest absolute Gasteiger partial charge is 0.479 e. The van der Waals surface area contributed by atoms with Crippen molar-refractivity contribution >= 4 is 23.4 Å². The van der Waals surface area contributed by atoms with Crippen molar-refractivity contribution in [3.8, 4) is 5.88 Å². The Hall–Kier alpha value is -2.21. The molecular formula is C14H14N4OS. The Bertz CT molecular complexity index is 794. The Morgan fingerprint density at radius 3 is 2.70 bits per heavy atom. The van der Waals surface area contributed by atoms with Crippen LogP contribution < -0.4 is 4.74 Å². The lowest BCUT2D eigenvalue weighted by Gasteiger charge is -2.14. The summed E-state index contributed by atoms with van der Waals surface area (Å²) in [5, 5.41) is 0. The second-order valence-electron chi connectivity index (χ2n) is 4.47. The molecule has 0 fully saturated rings. The number of nitrogens with one attached hydrogen (secondary N) is 1. The van der Waals surface area contributed by atoms with Crippen molar-refractivity contribution in [1.82, 2.24) is 19.5 Å². The van der Waals surface area contributed by atoms with Gasteiger partial charge in [0.2, 0.25) is 5.88 Å². The number of imidazole rings is 1. The lowest BCUT2D eigenvalue weighted by molar-refractivity contribution is 0.401. The fourth-order valence-corrected chi connectivity index (χ4v) is 2.66. The zero-order chi connectivity index (χ0) is 14.1. The monoisotopic (exact) mass is 286 g/mol. The second kappa shape index (κ2) is 5.05. The molecule has 0 saturated heterocycles. The summed E-state index contributed by atoms with van der Waals surface area (Å²) in [4.78, 5) is 11.5. The molecule has 1 atom stereocenters. The molecule has 102 valence electrons. The molecule has 0 spiro atoms. The van der Waals surface area contributed by atoms with E-state index in [9.17, 15) is 0 Å². The van der Waals surface area contributed by atoms with E-state index < -0.39 is 0 Å². The van der Waals surface area contributed by atoms with Crippen LogP contribution in [0.1, 0.15) is 18.5 Å². The number of aromatic amines is 1. The lowest BCUT2D eigenvalue weighted by atomic mass is 10.1. The molecule has 1 N–H and O–H groups in total. The SMILES string of the molecule is COc1ncnc2c1[nH]c(=S)n2C(C)c1ccccc1. The van der Waals surface area contributed by atoms with Gasteiger partial charge in [-0.3, -0.25) is 4.57 Å². The first-order chi connectivity index (χ1) is 9.72. The number of nitrogens with zero attached hydrogens (tertiary/aromatic N) is 3. The van der Waals surface area contributed by atoms with E-state index in [0.29, 0.717) is 10.7 Å². The van der Waals surface area contributed by atoms with Crippen LogP contribution in [-0.2, 0) is 0 Å². The van der Waals surface area contributed by atoms with E-state index in [2.05, 4.69) is 34.0 Å². The van der Waals surface area contributed by atoms with Gasteiger partial charge in [-0.1, -0.05) is 30.3 Å². The quantitative estimate of drug-likeness (QED) is 0.752. The zero-order valence-corrected chi connectivity index (χ0v) is 12.0. The van der Waals surface area contributed by atoms with Crippen molar-refractivity contribution in [3.63, 3.8) is 0 Å². The number of aromatic nitrogens is 4. The molecule has 0 aliphatic carbocycles. The van der Waals surface area contributed by atoms with Crippen LogP contribution in [0.2, 0.25) is 0 Å².